The Bertz CT molecular complexity index is 1060. The minimum Gasteiger partial charge on any atom is -0.379 e. The van der Waals surface area contributed by atoms with Crippen LogP contribution in [0.25, 0.3) is 10.2 Å². The van der Waals surface area contributed by atoms with Crippen LogP contribution in [0.4, 0.5) is 13.9 Å². The summed E-state index contributed by atoms with van der Waals surface area (Å²) in [6, 6.07) is 3.49. The van der Waals surface area contributed by atoms with Crippen molar-refractivity contribution in [3.63, 3.8) is 0 Å². The normalized spacial score (nSPS) is 14.7. The molecule has 12 heteroatoms. The molecule has 1 aromatic carbocycles. The van der Waals surface area contributed by atoms with Crippen LogP contribution >= 0.6 is 58.3 Å². The van der Waals surface area contributed by atoms with Crippen molar-refractivity contribution in [3.8, 4) is 0 Å². The molecule has 0 N–H and O–H groups in total. The molecule has 1 aliphatic heterocycles. The molecule has 1 aliphatic rings. The lowest BCUT2D eigenvalue weighted by Crippen LogP contribution is -2.43. The number of aromatic nitrogens is 1. The smallest absolute Gasteiger partial charge is 0.262 e. The predicted molar refractivity (Wildman–Crippen MR) is 120 cm³/mol. The van der Waals surface area contributed by atoms with E-state index in [1.54, 1.807) is 0 Å². The second-order valence-corrected chi connectivity index (χ2v) is 9.67. The lowest BCUT2D eigenvalue weighted by molar-refractivity contribution is 0.0391. The van der Waals surface area contributed by atoms with Crippen LogP contribution in [0.15, 0.2) is 18.2 Å². The summed E-state index contributed by atoms with van der Waals surface area (Å²) in [4.78, 5) is 21.1. The summed E-state index contributed by atoms with van der Waals surface area (Å²) in [5.74, 6) is -1.84. The molecule has 3 heterocycles. The highest BCUT2D eigenvalue weighted by molar-refractivity contribution is 7.22. The number of thiazole rings is 1. The van der Waals surface area contributed by atoms with Gasteiger partial charge in [0.05, 0.1) is 27.8 Å². The van der Waals surface area contributed by atoms with Crippen LogP contribution in [0.5, 0.6) is 0 Å². The van der Waals surface area contributed by atoms with Crippen LogP contribution in [0.3, 0.4) is 0 Å². The molecule has 1 saturated heterocycles. The number of carbonyl (C=O) groups excluding carboxylic acids is 1. The molecule has 0 spiro atoms. The van der Waals surface area contributed by atoms with Crippen LogP contribution < -0.4 is 4.90 Å². The van der Waals surface area contributed by atoms with E-state index in [1.807, 2.05) is 0 Å². The Hall–Kier alpha value is -1.07. The zero-order chi connectivity index (χ0) is 20.5. The van der Waals surface area contributed by atoms with Crippen molar-refractivity contribution in [2.75, 3.05) is 44.3 Å². The number of nitrogens with zero attached hydrogens (tertiary/aromatic N) is 3. The molecule has 0 radical (unpaired) electrons. The number of benzene rings is 1. The largest absolute Gasteiger partial charge is 0.379 e. The highest BCUT2D eigenvalue weighted by atomic mass is 35.5. The highest BCUT2D eigenvalue weighted by Gasteiger charge is 2.26. The van der Waals surface area contributed by atoms with E-state index in [4.69, 9.17) is 27.9 Å². The van der Waals surface area contributed by atoms with Gasteiger partial charge in [0.15, 0.2) is 10.9 Å². The molecule has 0 atom stereocenters. The van der Waals surface area contributed by atoms with Gasteiger partial charge < -0.3 is 4.74 Å². The number of hydrogen-bond donors (Lipinski definition) is 0. The van der Waals surface area contributed by atoms with Gasteiger partial charge in [-0.05, 0) is 12.1 Å². The molecule has 0 unspecified atom stereocenters. The summed E-state index contributed by atoms with van der Waals surface area (Å²) in [5, 5.41) is 0.279. The number of thiophene rings is 1. The zero-order valence-electron chi connectivity index (χ0n) is 15.4. The zero-order valence-corrected chi connectivity index (χ0v) is 19.3. The minimum atomic E-state index is -0.764. The van der Waals surface area contributed by atoms with Crippen molar-refractivity contribution >= 4 is 79.5 Å². The molecule has 1 fully saturated rings. The number of anilines is 1. The molecule has 5 nitrogen and oxygen atoms in total. The van der Waals surface area contributed by atoms with Gasteiger partial charge in [0.25, 0.3) is 5.91 Å². The van der Waals surface area contributed by atoms with Gasteiger partial charge in [-0.3, -0.25) is 14.6 Å². The van der Waals surface area contributed by atoms with Crippen LogP contribution in [0.2, 0.25) is 8.67 Å². The number of ether oxygens (including phenoxy) is 1. The van der Waals surface area contributed by atoms with Crippen molar-refractivity contribution in [1.29, 1.82) is 0 Å². The Morgan fingerprint density at radius 1 is 1.20 bits per heavy atom. The number of amides is 1. The highest BCUT2D eigenvalue weighted by Crippen LogP contribution is 2.35. The number of halogens is 5. The van der Waals surface area contributed by atoms with Gasteiger partial charge in [0, 0.05) is 32.2 Å². The Kier molecular flexibility index (Phi) is 7.89. The van der Waals surface area contributed by atoms with E-state index < -0.39 is 11.6 Å². The molecule has 4 rings (SSSR count). The maximum atomic E-state index is 14.1. The molecule has 0 bridgehead atoms. The first-order chi connectivity index (χ1) is 13.9. The lowest BCUT2D eigenvalue weighted by atomic mass is 10.3. The van der Waals surface area contributed by atoms with E-state index in [2.05, 4.69) is 9.88 Å². The number of rotatable bonds is 5. The van der Waals surface area contributed by atoms with E-state index in [1.165, 1.54) is 17.0 Å². The standard InChI is InChI=1S/C18H15Cl2F2N3O2S2.ClH/c19-14-9-11(16(20)29-14)17(26)25(2-1-24-3-5-27-6-4-24)18-23-15-12(22)7-10(21)8-13(15)28-18;/h7-9H,1-6H2;1H. The summed E-state index contributed by atoms with van der Waals surface area (Å²) in [6.45, 7) is 3.67. The van der Waals surface area contributed by atoms with E-state index in [9.17, 15) is 13.6 Å². The number of fused-ring (bicyclic) bond motifs is 1. The maximum Gasteiger partial charge on any atom is 0.262 e. The van der Waals surface area contributed by atoms with Gasteiger partial charge in [-0.15, -0.1) is 23.7 Å². The van der Waals surface area contributed by atoms with Crippen LogP contribution in [-0.4, -0.2) is 55.2 Å². The van der Waals surface area contributed by atoms with Gasteiger partial charge >= 0.3 is 0 Å². The first-order valence-corrected chi connectivity index (χ1v) is 11.1. The molecule has 3 aromatic rings. The van der Waals surface area contributed by atoms with Crippen molar-refractivity contribution in [2.24, 2.45) is 0 Å². The second kappa shape index (κ2) is 10.0. The molecule has 30 heavy (non-hydrogen) atoms. The number of hydrogen-bond acceptors (Lipinski definition) is 6. The number of morpholine rings is 1. The summed E-state index contributed by atoms with van der Waals surface area (Å²) in [7, 11) is 0. The van der Waals surface area contributed by atoms with Crippen LogP contribution in [0, 0.1) is 11.6 Å². The maximum absolute atomic E-state index is 14.1. The monoisotopic (exact) mass is 513 g/mol. The molecule has 0 aliphatic carbocycles. The molecule has 0 saturated carbocycles. The third-order valence-electron chi connectivity index (χ3n) is 4.51. The van der Waals surface area contributed by atoms with Gasteiger partial charge in [-0.2, -0.15) is 0 Å². The third kappa shape index (κ3) is 5.04. The fourth-order valence-electron chi connectivity index (χ4n) is 3.04. The average molecular weight is 515 g/mol. The quantitative estimate of drug-likeness (QED) is 0.461. The fourth-order valence-corrected chi connectivity index (χ4v) is 5.52. The molecular weight excluding hydrogens is 499 g/mol. The van der Waals surface area contributed by atoms with E-state index >= 15 is 0 Å². The van der Waals surface area contributed by atoms with Gasteiger partial charge in [-0.1, -0.05) is 34.5 Å². The predicted octanol–water partition coefficient (Wildman–Crippen LogP) is 5.34. The summed E-state index contributed by atoms with van der Waals surface area (Å²) in [6.07, 6.45) is 0. The SMILES string of the molecule is Cl.O=C(c1cc(Cl)sc1Cl)N(CCN1CCOCC1)c1nc2c(F)cc(F)cc2s1. The fraction of sp³-hybridized carbons (Fsp3) is 0.333. The number of carbonyl (C=O) groups is 1. The molecular formula is C18H16Cl3F2N3O2S2. The van der Waals surface area contributed by atoms with Gasteiger partial charge in [0.1, 0.15) is 15.7 Å². The van der Waals surface area contributed by atoms with Crippen LogP contribution in [0.1, 0.15) is 10.4 Å². The molecule has 2 aromatic heterocycles. The molecule has 1 amide bonds. The van der Waals surface area contributed by atoms with Gasteiger partial charge in [0.2, 0.25) is 0 Å². The van der Waals surface area contributed by atoms with Crippen molar-refractivity contribution in [1.82, 2.24) is 9.88 Å². The average Bonchev–Trinajstić information content (AvgIpc) is 3.25. The Labute approximate surface area is 195 Å². The Morgan fingerprint density at radius 3 is 2.60 bits per heavy atom. The van der Waals surface area contributed by atoms with E-state index in [0.717, 1.165) is 41.8 Å². The Balaban J connectivity index is 0.00000256. The third-order valence-corrected chi connectivity index (χ3v) is 7.02. The second-order valence-electron chi connectivity index (χ2n) is 6.38. The summed E-state index contributed by atoms with van der Waals surface area (Å²) in [5.41, 5.74) is 0.291. The van der Waals surface area contributed by atoms with Crippen molar-refractivity contribution < 1.29 is 18.3 Å². The van der Waals surface area contributed by atoms with Crippen LogP contribution in [-0.2, 0) is 4.74 Å². The van der Waals surface area contributed by atoms with E-state index in [0.29, 0.717) is 35.3 Å². The van der Waals surface area contributed by atoms with E-state index in [-0.39, 0.29) is 38.9 Å². The van der Waals surface area contributed by atoms with Gasteiger partial charge in [-0.25, -0.2) is 13.8 Å². The van der Waals surface area contributed by atoms with Crippen molar-refractivity contribution in [2.45, 2.75) is 0 Å². The summed E-state index contributed by atoms with van der Waals surface area (Å²) < 4.78 is 34.1. The summed E-state index contributed by atoms with van der Waals surface area (Å²) >= 11 is 14.3. The first kappa shape index (κ1) is 23.6. The lowest BCUT2D eigenvalue weighted by Gasteiger charge is -2.29. The van der Waals surface area contributed by atoms with Crippen molar-refractivity contribution in [3.05, 3.63) is 44.1 Å². The molecule has 162 valence electrons. The topological polar surface area (TPSA) is 45.7 Å². The first-order valence-electron chi connectivity index (χ1n) is 8.75. The minimum absolute atomic E-state index is 0. The Morgan fingerprint density at radius 2 is 1.93 bits per heavy atom.